The molecule has 0 aliphatic rings. The van der Waals surface area contributed by atoms with Crippen LogP contribution in [-0.4, -0.2) is 5.11 Å². The predicted molar refractivity (Wildman–Crippen MR) is 55.9 cm³/mol. The molecule has 1 N–H and O–H groups in total. The number of benzene rings is 1. The molecule has 0 atom stereocenters. The van der Waals surface area contributed by atoms with Crippen LogP contribution in [-0.2, 0) is 0 Å². The summed E-state index contributed by atoms with van der Waals surface area (Å²) in [6.07, 6.45) is 0. The van der Waals surface area contributed by atoms with E-state index in [0.717, 1.165) is 4.70 Å². The van der Waals surface area contributed by atoms with Crippen molar-refractivity contribution in [1.29, 1.82) is 5.26 Å². The molecule has 0 saturated heterocycles. The fraction of sp³-hybridized carbons (Fsp3) is 0. The third-order valence-corrected chi connectivity index (χ3v) is 3.37. The molecule has 0 aliphatic carbocycles. The summed E-state index contributed by atoms with van der Waals surface area (Å²) in [6.45, 7) is 0. The van der Waals surface area contributed by atoms with Crippen LogP contribution in [0, 0.1) is 11.3 Å². The number of aromatic hydroxyl groups is 1. The maximum absolute atomic E-state index is 9.67. The van der Waals surface area contributed by atoms with Gasteiger partial charge in [-0.25, -0.2) is 0 Å². The van der Waals surface area contributed by atoms with Crippen LogP contribution in [0.3, 0.4) is 0 Å². The summed E-state index contributed by atoms with van der Waals surface area (Å²) in [5.74, 6) is 0.148. The van der Waals surface area contributed by atoms with Crippen LogP contribution in [0.5, 0.6) is 5.75 Å². The zero-order chi connectivity index (χ0) is 9.42. The van der Waals surface area contributed by atoms with Gasteiger partial charge in [0.05, 0.1) is 15.4 Å². The van der Waals surface area contributed by atoms with Crippen LogP contribution < -0.4 is 0 Å². The molecule has 0 unspecified atom stereocenters. The summed E-state index contributed by atoms with van der Waals surface area (Å²) in [4.78, 5) is 0. The molecule has 0 bridgehead atoms. The Kier molecular flexibility index (Phi) is 1.98. The van der Waals surface area contributed by atoms with E-state index in [4.69, 9.17) is 5.26 Å². The van der Waals surface area contributed by atoms with Gasteiger partial charge < -0.3 is 5.11 Å². The molecular formula is C9H4BrNOS. The van der Waals surface area contributed by atoms with Gasteiger partial charge in [0, 0.05) is 10.1 Å². The van der Waals surface area contributed by atoms with E-state index in [1.165, 1.54) is 11.3 Å². The third-order valence-electron chi connectivity index (χ3n) is 1.78. The van der Waals surface area contributed by atoms with Crippen molar-refractivity contribution >= 4 is 37.4 Å². The predicted octanol–water partition coefficient (Wildman–Crippen LogP) is 3.24. The summed E-state index contributed by atoms with van der Waals surface area (Å²) < 4.78 is 1.55. The first-order valence-corrected chi connectivity index (χ1v) is 5.20. The highest BCUT2D eigenvalue weighted by molar-refractivity contribution is 9.10. The maximum atomic E-state index is 9.67. The van der Waals surface area contributed by atoms with Gasteiger partial charge in [-0.3, -0.25) is 0 Å². The molecule has 1 heterocycles. The van der Waals surface area contributed by atoms with Crippen molar-refractivity contribution in [2.24, 2.45) is 0 Å². The highest BCUT2D eigenvalue weighted by Crippen LogP contribution is 2.37. The van der Waals surface area contributed by atoms with Gasteiger partial charge in [0.2, 0.25) is 0 Å². The van der Waals surface area contributed by atoms with E-state index in [1.807, 2.05) is 12.1 Å². The number of nitrogens with zero attached hydrogens (tertiary/aromatic N) is 1. The lowest BCUT2D eigenvalue weighted by atomic mass is 10.2. The number of rotatable bonds is 0. The van der Waals surface area contributed by atoms with E-state index < -0.39 is 0 Å². The number of phenolic OH excluding ortho intramolecular Hbond substituents is 1. The topological polar surface area (TPSA) is 44.0 Å². The second-order valence-electron chi connectivity index (χ2n) is 2.53. The SMILES string of the molecule is N#Cc1csc2ccc(Br)c(O)c12. The molecule has 2 nitrogen and oxygen atoms in total. The summed E-state index contributed by atoms with van der Waals surface area (Å²) in [5.41, 5.74) is 0.527. The van der Waals surface area contributed by atoms with Crippen molar-refractivity contribution in [2.75, 3.05) is 0 Å². The van der Waals surface area contributed by atoms with E-state index in [-0.39, 0.29) is 5.75 Å². The second kappa shape index (κ2) is 3.02. The lowest BCUT2D eigenvalue weighted by Gasteiger charge is -1.97. The molecule has 64 valence electrons. The Morgan fingerprint density at radius 1 is 1.46 bits per heavy atom. The Morgan fingerprint density at radius 2 is 2.23 bits per heavy atom. The number of hydrogen-bond donors (Lipinski definition) is 1. The quantitative estimate of drug-likeness (QED) is 0.784. The van der Waals surface area contributed by atoms with Gasteiger partial charge in [-0.15, -0.1) is 11.3 Å². The molecule has 13 heavy (non-hydrogen) atoms. The number of nitriles is 1. The Morgan fingerprint density at radius 3 is 2.92 bits per heavy atom. The smallest absolute Gasteiger partial charge is 0.139 e. The largest absolute Gasteiger partial charge is 0.506 e. The number of fused-ring (bicyclic) bond motifs is 1. The summed E-state index contributed by atoms with van der Waals surface area (Å²) in [5, 5.41) is 20.8. The fourth-order valence-corrected chi connectivity index (χ4v) is 2.39. The van der Waals surface area contributed by atoms with Crippen molar-refractivity contribution in [3.8, 4) is 11.8 Å². The van der Waals surface area contributed by atoms with Crippen molar-refractivity contribution in [3.63, 3.8) is 0 Å². The Bertz CT molecular complexity index is 512. The van der Waals surface area contributed by atoms with Crippen LogP contribution in [0.1, 0.15) is 5.56 Å². The average Bonchev–Trinajstić information content (AvgIpc) is 2.55. The normalized spacial score (nSPS) is 10.2. The Balaban J connectivity index is 2.95. The minimum atomic E-state index is 0.148. The third kappa shape index (κ3) is 1.21. The lowest BCUT2D eigenvalue weighted by Crippen LogP contribution is -1.73. The van der Waals surface area contributed by atoms with Gasteiger partial charge in [-0.1, -0.05) is 0 Å². The van der Waals surface area contributed by atoms with Crippen LogP contribution in [0.25, 0.3) is 10.1 Å². The van der Waals surface area contributed by atoms with Crippen molar-refractivity contribution in [1.82, 2.24) is 0 Å². The first-order valence-electron chi connectivity index (χ1n) is 3.53. The van der Waals surface area contributed by atoms with Gasteiger partial charge in [-0.2, -0.15) is 5.26 Å². The lowest BCUT2D eigenvalue weighted by molar-refractivity contribution is 0.478. The molecule has 0 saturated carbocycles. The number of hydrogen-bond acceptors (Lipinski definition) is 3. The van der Waals surface area contributed by atoms with Crippen LogP contribution in [0.4, 0.5) is 0 Å². The molecule has 0 radical (unpaired) electrons. The summed E-state index contributed by atoms with van der Waals surface area (Å²) >= 11 is 4.67. The molecule has 0 aliphatic heterocycles. The van der Waals surface area contributed by atoms with E-state index in [0.29, 0.717) is 15.4 Å². The van der Waals surface area contributed by atoms with Gasteiger partial charge in [-0.05, 0) is 28.1 Å². The zero-order valence-corrected chi connectivity index (χ0v) is 8.82. The number of phenols is 1. The molecule has 2 rings (SSSR count). The Hall–Kier alpha value is -1.05. The number of thiophene rings is 1. The maximum Gasteiger partial charge on any atom is 0.139 e. The van der Waals surface area contributed by atoms with Gasteiger partial charge in [0.1, 0.15) is 11.8 Å². The van der Waals surface area contributed by atoms with Gasteiger partial charge >= 0.3 is 0 Å². The fourth-order valence-electron chi connectivity index (χ4n) is 1.17. The minimum absolute atomic E-state index is 0.148. The van der Waals surface area contributed by atoms with E-state index in [1.54, 1.807) is 11.4 Å². The molecule has 0 fully saturated rings. The van der Waals surface area contributed by atoms with Crippen molar-refractivity contribution in [2.45, 2.75) is 0 Å². The molecule has 0 amide bonds. The first kappa shape index (κ1) is 8.54. The van der Waals surface area contributed by atoms with E-state index >= 15 is 0 Å². The van der Waals surface area contributed by atoms with E-state index in [9.17, 15) is 5.11 Å². The summed E-state index contributed by atoms with van der Waals surface area (Å²) in [6, 6.07) is 5.70. The Labute approximate surface area is 87.2 Å². The highest BCUT2D eigenvalue weighted by atomic mass is 79.9. The molecule has 1 aromatic carbocycles. The van der Waals surface area contributed by atoms with Crippen LogP contribution >= 0.6 is 27.3 Å². The molecule has 0 spiro atoms. The second-order valence-corrected chi connectivity index (χ2v) is 4.30. The van der Waals surface area contributed by atoms with Gasteiger partial charge in [0.25, 0.3) is 0 Å². The average molecular weight is 254 g/mol. The standard InChI is InChI=1S/C9H4BrNOS/c10-6-1-2-7-8(9(6)12)5(3-11)4-13-7/h1-2,4,12H. The monoisotopic (exact) mass is 253 g/mol. The molecule has 4 heteroatoms. The first-order chi connectivity index (χ1) is 6.24. The molecular weight excluding hydrogens is 250 g/mol. The highest BCUT2D eigenvalue weighted by Gasteiger charge is 2.10. The van der Waals surface area contributed by atoms with Crippen molar-refractivity contribution < 1.29 is 5.11 Å². The van der Waals surface area contributed by atoms with Gasteiger partial charge in [0.15, 0.2) is 0 Å². The molecule has 2 aromatic rings. The zero-order valence-electron chi connectivity index (χ0n) is 6.41. The number of halogens is 1. The minimum Gasteiger partial charge on any atom is -0.506 e. The molecule has 1 aromatic heterocycles. The summed E-state index contributed by atoms with van der Waals surface area (Å²) in [7, 11) is 0. The van der Waals surface area contributed by atoms with Crippen molar-refractivity contribution in [3.05, 3.63) is 27.5 Å². The van der Waals surface area contributed by atoms with Crippen LogP contribution in [0.2, 0.25) is 0 Å². The van der Waals surface area contributed by atoms with Crippen LogP contribution in [0.15, 0.2) is 22.0 Å². The van der Waals surface area contributed by atoms with E-state index in [2.05, 4.69) is 15.9 Å².